The Morgan fingerprint density at radius 1 is 0.821 bits per heavy atom. The van der Waals surface area contributed by atoms with Gasteiger partial charge < -0.3 is 25.2 Å². The molecule has 0 aromatic rings. The average Bonchev–Trinajstić information content (AvgIpc) is 2.67. The van der Waals surface area contributed by atoms with Gasteiger partial charge in [0.25, 0.3) is 0 Å². The van der Waals surface area contributed by atoms with Crippen molar-refractivity contribution in [3.05, 3.63) is 0 Å². The van der Waals surface area contributed by atoms with Crippen molar-refractivity contribution in [2.75, 3.05) is 32.9 Å². The van der Waals surface area contributed by atoms with Crippen LogP contribution in [0.2, 0.25) is 0 Å². The van der Waals surface area contributed by atoms with Crippen molar-refractivity contribution in [2.24, 2.45) is 29.6 Å². The second kappa shape index (κ2) is 9.27. The number of aliphatic hydroxyl groups is 4. The number of likely N-dealkylation sites (tertiary alicyclic amines) is 1. The molecule has 5 aliphatic rings. The lowest BCUT2D eigenvalue weighted by Gasteiger charge is -2.54. The summed E-state index contributed by atoms with van der Waals surface area (Å²) >= 11 is 0. The Morgan fingerprint density at radius 3 is 2.14 bits per heavy atom. The molecule has 162 valence electrons. The molecule has 1 aliphatic heterocycles. The van der Waals surface area contributed by atoms with Gasteiger partial charge in [0, 0.05) is 19.8 Å². The van der Waals surface area contributed by atoms with E-state index < -0.39 is 24.4 Å². The van der Waals surface area contributed by atoms with Crippen LogP contribution in [0.1, 0.15) is 51.4 Å². The molecular weight excluding hydrogens is 358 g/mol. The van der Waals surface area contributed by atoms with Crippen LogP contribution in [-0.2, 0) is 4.74 Å². The fourth-order valence-corrected chi connectivity index (χ4v) is 6.86. The first-order valence-corrected chi connectivity index (χ1v) is 11.5. The van der Waals surface area contributed by atoms with Crippen molar-refractivity contribution >= 4 is 0 Å². The zero-order valence-electron chi connectivity index (χ0n) is 17.0. The maximum atomic E-state index is 10.0. The second-order valence-corrected chi connectivity index (χ2v) is 10.0. The second-order valence-electron chi connectivity index (χ2n) is 10.0. The van der Waals surface area contributed by atoms with Crippen molar-refractivity contribution < 1.29 is 25.2 Å². The van der Waals surface area contributed by atoms with E-state index in [2.05, 4.69) is 0 Å². The third-order valence-electron chi connectivity index (χ3n) is 8.18. The van der Waals surface area contributed by atoms with Crippen LogP contribution in [0, 0.1) is 29.6 Å². The predicted molar refractivity (Wildman–Crippen MR) is 106 cm³/mol. The minimum absolute atomic E-state index is 0.209. The van der Waals surface area contributed by atoms with Gasteiger partial charge in [-0.15, -0.1) is 0 Å². The van der Waals surface area contributed by atoms with Crippen LogP contribution in [0.25, 0.3) is 0 Å². The van der Waals surface area contributed by atoms with E-state index in [-0.39, 0.29) is 6.61 Å². The van der Waals surface area contributed by atoms with Gasteiger partial charge in [0.2, 0.25) is 0 Å². The van der Waals surface area contributed by atoms with Gasteiger partial charge in [-0.3, -0.25) is 4.90 Å². The summed E-state index contributed by atoms with van der Waals surface area (Å²) in [7, 11) is 0. The third kappa shape index (κ3) is 4.42. The van der Waals surface area contributed by atoms with E-state index in [0.29, 0.717) is 13.1 Å². The first-order valence-electron chi connectivity index (χ1n) is 11.5. The minimum Gasteiger partial charge on any atom is -0.395 e. The summed E-state index contributed by atoms with van der Waals surface area (Å²) in [6.45, 7) is 2.56. The molecule has 1 saturated heterocycles. The Kier molecular flexibility index (Phi) is 6.96. The van der Waals surface area contributed by atoms with Crippen LogP contribution in [0.3, 0.4) is 0 Å². The molecule has 0 aromatic carbocycles. The van der Waals surface area contributed by atoms with Crippen LogP contribution in [0.15, 0.2) is 0 Å². The highest BCUT2D eigenvalue weighted by Gasteiger charge is 2.48. The van der Waals surface area contributed by atoms with Crippen LogP contribution in [-0.4, -0.2) is 82.6 Å². The fraction of sp³-hybridized carbons (Fsp3) is 1.00. The number of rotatable bonds is 9. The third-order valence-corrected chi connectivity index (χ3v) is 8.18. The molecule has 4 N–H and O–H groups in total. The van der Waals surface area contributed by atoms with Crippen LogP contribution < -0.4 is 0 Å². The molecule has 28 heavy (non-hydrogen) atoms. The number of β-amino-alcohol motifs (C(OH)–C–C–N with tert-alkyl or cyclic N) is 1. The summed E-state index contributed by atoms with van der Waals surface area (Å²) in [5.74, 6) is 4.71. The van der Waals surface area contributed by atoms with Crippen LogP contribution in [0.5, 0.6) is 0 Å². The smallest absolute Gasteiger partial charge is 0.109 e. The monoisotopic (exact) mass is 397 g/mol. The average molecular weight is 398 g/mol. The van der Waals surface area contributed by atoms with Crippen molar-refractivity contribution in [1.29, 1.82) is 0 Å². The van der Waals surface area contributed by atoms with E-state index in [9.17, 15) is 20.4 Å². The largest absolute Gasteiger partial charge is 0.395 e. The standard InChI is InChI=1S/C22H39NO5/c24-12-19-21(26)22(27)20(25)11-23(19)4-2-1-3-5-28-13-18-16-7-14-6-15(9-16)10-17(18)8-14/h14-22,24-27H,1-13H2/t14?,15?,16?,17?,18?,19-,20-,21+,22+/m0/s1. The molecule has 4 bridgehead atoms. The van der Waals surface area contributed by atoms with Gasteiger partial charge in [-0.1, -0.05) is 0 Å². The molecule has 5 rings (SSSR count). The van der Waals surface area contributed by atoms with Crippen LogP contribution >= 0.6 is 0 Å². The van der Waals surface area contributed by atoms with Gasteiger partial charge in [0.1, 0.15) is 12.2 Å². The first-order chi connectivity index (χ1) is 13.6. The summed E-state index contributed by atoms with van der Waals surface area (Å²) in [5, 5.41) is 39.2. The summed E-state index contributed by atoms with van der Waals surface area (Å²) < 4.78 is 6.08. The lowest BCUT2D eigenvalue weighted by atomic mass is 9.52. The molecule has 5 fully saturated rings. The summed E-state index contributed by atoms with van der Waals surface area (Å²) in [6, 6.07) is -0.494. The molecule has 6 heteroatoms. The Balaban J connectivity index is 1.10. The normalized spacial score (nSPS) is 45.6. The molecule has 0 unspecified atom stereocenters. The topological polar surface area (TPSA) is 93.4 Å². The summed E-state index contributed by atoms with van der Waals surface area (Å²) in [6.07, 6.45) is 7.08. The lowest BCUT2D eigenvalue weighted by molar-refractivity contribution is -0.145. The lowest BCUT2D eigenvalue weighted by Crippen LogP contribution is -2.62. The van der Waals surface area contributed by atoms with Crippen molar-refractivity contribution in [1.82, 2.24) is 4.90 Å². The van der Waals surface area contributed by atoms with E-state index in [0.717, 1.165) is 62.1 Å². The number of unbranched alkanes of at least 4 members (excludes halogenated alkanes) is 2. The molecule has 0 spiro atoms. The molecule has 4 atom stereocenters. The SMILES string of the molecule is OC[C@H]1[C@@H](O)[C@H](O)[C@@H](O)CN1CCCCCOCC1C2CC3CC(C2)CC1C3. The number of hydrogen-bond donors (Lipinski definition) is 4. The summed E-state index contributed by atoms with van der Waals surface area (Å²) in [5.41, 5.74) is 0. The van der Waals surface area contributed by atoms with Crippen molar-refractivity contribution in [3.63, 3.8) is 0 Å². The number of hydrogen-bond acceptors (Lipinski definition) is 6. The van der Waals surface area contributed by atoms with E-state index >= 15 is 0 Å². The molecule has 0 radical (unpaired) electrons. The van der Waals surface area contributed by atoms with E-state index in [1.807, 2.05) is 4.90 Å². The predicted octanol–water partition coefficient (Wildman–Crippen LogP) is 1.00. The van der Waals surface area contributed by atoms with E-state index in [1.54, 1.807) is 0 Å². The molecule has 1 heterocycles. The zero-order chi connectivity index (χ0) is 19.7. The van der Waals surface area contributed by atoms with Gasteiger partial charge in [-0.05, 0) is 87.5 Å². The molecule has 0 aromatic heterocycles. The zero-order valence-corrected chi connectivity index (χ0v) is 17.0. The van der Waals surface area contributed by atoms with Crippen LogP contribution in [0.4, 0.5) is 0 Å². The molecular formula is C22H39NO5. The number of nitrogens with zero attached hydrogens (tertiary/aromatic N) is 1. The van der Waals surface area contributed by atoms with E-state index in [4.69, 9.17) is 4.74 Å². The van der Waals surface area contributed by atoms with Gasteiger partial charge >= 0.3 is 0 Å². The van der Waals surface area contributed by atoms with Gasteiger partial charge in [0.15, 0.2) is 0 Å². The minimum atomic E-state index is -1.17. The van der Waals surface area contributed by atoms with Crippen molar-refractivity contribution in [3.8, 4) is 0 Å². The number of ether oxygens (including phenoxy) is 1. The maximum Gasteiger partial charge on any atom is 0.109 e. The summed E-state index contributed by atoms with van der Waals surface area (Å²) in [4.78, 5) is 1.90. The Morgan fingerprint density at radius 2 is 1.50 bits per heavy atom. The van der Waals surface area contributed by atoms with Gasteiger partial charge in [0.05, 0.1) is 18.8 Å². The van der Waals surface area contributed by atoms with Gasteiger partial charge in [-0.2, -0.15) is 0 Å². The number of aliphatic hydroxyl groups excluding tert-OH is 4. The molecule has 6 nitrogen and oxygen atoms in total. The highest BCUT2D eigenvalue weighted by atomic mass is 16.5. The number of piperidine rings is 1. The Hall–Kier alpha value is -0.240. The van der Waals surface area contributed by atoms with Crippen molar-refractivity contribution in [2.45, 2.75) is 75.7 Å². The highest BCUT2D eigenvalue weighted by Crippen LogP contribution is 2.56. The molecule has 0 amide bonds. The maximum absolute atomic E-state index is 10.0. The highest BCUT2D eigenvalue weighted by molar-refractivity contribution is 4.98. The molecule has 4 aliphatic carbocycles. The molecule has 4 saturated carbocycles. The van der Waals surface area contributed by atoms with Gasteiger partial charge in [-0.25, -0.2) is 0 Å². The Bertz CT molecular complexity index is 475. The van der Waals surface area contributed by atoms with E-state index in [1.165, 1.54) is 32.1 Å². The fourth-order valence-electron chi connectivity index (χ4n) is 6.86. The Labute approximate surface area is 168 Å². The first kappa shape index (κ1) is 21.0. The quantitative estimate of drug-likeness (QED) is 0.434.